The van der Waals surface area contributed by atoms with Crippen molar-refractivity contribution in [3.05, 3.63) is 30.1 Å². The highest BCUT2D eigenvalue weighted by molar-refractivity contribution is 7.98. The molecule has 3 amide bonds. The van der Waals surface area contributed by atoms with Crippen LogP contribution < -0.4 is 16.4 Å². The zero-order valence-corrected chi connectivity index (χ0v) is 15.2. The fourth-order valence-corrected chi connectivity index (χ4v) is 3.22. The molecule has 4 N–H and O–H groups in total. The zero-order valence-electron chi connectivity index (χ0n) is 14.3. The van der Waals surface area contributed by atoms with Crippen molar-refractivity contribution in [3.8, 4) is 0 Å². The Morgan fingerprint density at radius 2 is 1.96 bits per heavy atom. The van der Waals surface area contributed by atoms with E-state index in [9.17, 15) is 14.0 Å². The SMILES string of the molecule is CSCC[C@H](N)C(=O)N1CCC(NC(=O)Nc2ccc(F)cc2)CC1. The molecule has 1 aliphatic rings. The molecule has 1 atom stereocenters. The lowest BCUT2D eigenvalue weighted by atomic mass is 10.0. The first-order valence-electron chi connectivity index (χ1n) is 8.36. The number of benzene rings is 1. The molecule has 0 unspecified atom stereocenters. The molecule has 0 radical (unpaired) electrons. The van der Waals surface area contributed by atoms with Crippen LogP contribution in [0.5, 0.6) is 0 Å². The van der Waals surface area contributed by atoms with Gasteiger partial charge in [0.05, 0.1) is 6.04 Å². The number of carbonyl (C=O) groups excluding carboxylic acids is 2. The number of hydrogen-bond donors (Lipinski definition) is 3. The molecule has 138 valence electrons. The lowest BCUT2D eigenvalue weighted by molar-refractivity contribution is -0.133. The molecule has 1 heterocycles. The summed E-state index contributed by atoms with van der Waals surface area (Å²) in [5, 5.41) is 5.56. The van der Waals surface area contributed by atoms with Crippen LogP contribution in [-0.2, 0) is 4.79 Å². The topological polar surface area (TPSA) is 87.5 Å². The summed E-state index contributed by atoms with van der Waals surface area (Å²) < 4.78 is 12.9. The molecular formula is C17H25FN4O2S. The third-order valence-corrected chi connectivity index (χ3v) is 4.84. The Hall–Kier alpha value is -1.80. The second-order valence-corrected chi connectivity index (χ2v) is 7.08. The van der Waals surface area contributed by atoms with Gasteiger partial charge < -0.3 is 21.3 Å². The molecule has 1 saturated heterocycles. The Kier molecular flexibility index (Phi) is 7.52. The third-order valence-electron chi connectivity index (χ3n) is 4.19. The van der Waals surface area contributed by atoms with Gasteiger partial charge in [-0.2, -0.15) is 11.8 Å². The fraction of sp³-hybridized carbons (Fsp3) is 0.529. The van der Waals surface area contributed by atoms with Crippen LogP contribution in [0, 0.1) is 5.82 Å². The first kappa shape index (κ1) is 19.5. The van der Waals surface area contributed by atoms with Crippen molar-refractivity contribution in [2.75, 3.05) is 30.4 Å². The average Bonchev–Trinajstić information content (AvgIpc) is 2.61. The normalized spacial score (nSPS) is 16.4. The van der Waals surface area contributed by atoms with Crippen molar-refractivity contribution < 1.29 is 14.0 Å². The number of nitrogens with two attached hydrogens (primary N) is 1. The number of urea groups is 1. The van der Waals surface area contributed by atoms with E-state index in [1.54, 1.807) is 16.7 Å². The molecule has 25 heavy (non-hydrogen) atoms. The maximum Gasteiger partial charge on any atom is 0.319 e. The second kappa shape index (κ2) is 9.62. The number of nitrogens with zero attached hydrogens (tertiary/aromatic N) is 1. The third kappa shape index (κ3) is 6.21. The fourth-order valence-electron chi connectivity index (χ4n) is 2.73. The van der Waals surface area contributed by atoms with Crippen LogP contribution in [-0.4, -0.2) is 54.0 Å². The van der Waals surface area contributed by atoms with Gasteiger partial charge in [0.1, 0.15) is 5.82 Å². The van der Waals surface area contributed by atoms with Crippen molar-refractivity contribution in [3.63, 3.8) is 0 Å². The summed E-state index contributed by atoms with van der Waals surface area (Å²) in [7, 11) is 0. The summed E-state index contributed by atoms with van der Waals surface area (Å²) in [4.78, 5) is 26.0. The van der Waals surface area contributed by atoms with E-state index in [0.717, 1.165) is 5.75 Å². The highest BCUT2D eigenvalue weighted by atomic mass is 32.2. The zero-order chi connectivity index (χ0) is 18.2. The molecule has 0 saturated carbocycles. The Morgan fingerprint density at radius 3 is 2.56 bits per heavy atom. The molecule has 1 aromatic carbocycles. The summed E-state index contributed by atoms with van der Waals surface area (Å²) in [5.41, 5.74) is 6.47. The minimum absolute atomic E-state index is 0.00641. The lowest BCUT2D eigenvalue weighted by Crippen LogP contribution is -2.51. The number of amides is 3. The quantitative estimate of drug-likeness (QED) is 0.717. The molecule has 1 aliphatic heterocycles. The molecule has 1 fully saturated rings. The van der Waals surface area contributed by atoms with E-state index in [1.165, 1.54) is 24.3 Å². The van der Waals surface area contributed by atoms with Crippen molar-refractivity contribution >= 4 is 29.4 Å². The van der Waals surface area contributed by atoms with E-state index in [-0.39, 0.29) is 23.8 Å². The average molecular weight is 368 g/mol. The summed E-state index contributed by atoms with van der Waals surface area (Å²) >= 11 is 1.68. The smallest absolute Gasteiger partial charge is 0.319 e. The highest BCUT2D eigenvalue weighted by Crippen LogP contribution is 2.13. The number of rotatable bonds is 6. The molecule has 8 heteroatoms. The first-order chi connectivity index (χ1) is 12.0. The number of halogens is 1. The van der Waals surface area contributed by atoms with Gasteiger partial charge >= 0.3 is 6.03 Å². The largest absolute Gasteiger partial charge is 0.341 e. The summed E-state index contributed by atoms with van der Waals surface area (Å²) in [6.07, 6.45) is 4.05. The Bertz CT molecular complexity index is 577. The number of hydrogen-bond acceptors (Lipinski definition) is 4. The number of anilines is 1. The highest BCUT2D eigenvalue weighted by Gasteiger charge is 2.26. The van der Waals surface area contributed by atoms with Gasteiger partial charge in [0.25, 0.3) is 0 Å². The summed E-state index contributed by atoms with van der Waals surface area (Å²) in [5.74, 6) is 0.510. The Labute approximate surface area is 151 Å². The van der Waals surface area contributed by atoms with E-state index in [1.807, 2.05) is 6.26 Å². The van der Waals surface area contributed by atoms with Gasteiger partial charge in [-0.25, -0.2) is 9.18 Å². The van der Waals surface area contributed by atoms with Gasteiger partial charge in [0.15, 0.2) is 0 Å². The lowest BCUT2D eigenvalue weighted by Gasteiger charge is -2.33. The van der Waals surface area contributed by atoms with Crippen LogP contribution in [0.1, 0.15) is 19.3 Å². The van der Waals surface area contributed by atoms with Crippen LogP contribution in [0.4, 0.5) is 14.9 Å². The monoisotopic (exact) mass is 368 g/mol. The molecule has 0 spiro atoms. The van der Waals surface area contributed by atoms with Crippen LogP contribution >= 0.6 is 11.8 Å². The van der Waals surface area contributed by atoms with Crippen molar-refractivity contribution in [1.82, 2.24) is 10.2 Å². The molecule has 2 rings (SSSR count). The number of thioether (sulfide) groups is 1. The number of carbonyl (C=O) groups is 2. The number of likely N-dealkylation sites (tertiary alicyclic amines) is 1. The standard InChI is InChI=1S/C17H25FN4O2S/c1-25-11-8-15(19)16(23)22-9-6-14(7-10-22)21-17(24)20-13-4-2-12(18)3-5-13/h2-5,14-15H,6-11,19H2,1H3,(H2,20,21,24)/t15-/m0/s1. The van der Waals surface area contributed by atoms with E-state index < -0.39 is 6.04 Å². The maximum atomic E-state index is 12.9. The predicted molar refractivity (Wildman–Crippen MR) is 99.1 cm³/mol. The number of piperidine rings is 1. The van der Waals surface area contributed by atoms with Gasteiger partial charge in [-0.1, -0.05) is 0 Å². The van der Waals surface area contributed by atoms with Crippen LogP contribution in [0.25, 0.3) is 0 Å². The van der Waals surface area contributed by atoms with E-state index in [4.69, 9.17) is 5.73 Å². The van der Waals surface area contributed by atoms with Crippen LogP contribution in [0.2, 0.25) is 0 Å². The van der Waals surface area contributed by atoms with Crippen LogP contribution in [0.15, 0.2) is 24.3 Å². The maximum absolute atomic E-state index is 12.9. The first-order valence-corrected chi connectivity index (χ1v) is 9.75. The van der Waals surface area contributed by atoms with Gasteiger partial charge in [0, 0.05) is 24.8 Å². The predicted octanol–water partition coefficient (Wildman–Crippen LogP) is 2.02. The summed E-state index contributed by atoms with van der Waals surface area (Å²) in [6.45, 7) is 1.18. The molecule has 0 bridgehead atoms. The molecule has 0 aliphatic carbocycles. The number of nitrogens with one attached hydrogen (secondary N) is 2. The summed E-state index contributed by atoms with van der Waals surface area (Å²) in [6, 6.07) is 4.83. The van der Waals surface area contributed by atoms with Gasteiger partial charge in [-0.05, 0) is 55.5 Å². The van der Waals surface area contributed by atoms with E-state index in [2.05, 4.69) is 10.6 Å². The Morgan fingerprint density at radius 1 is 1.32 bits per heavy atom. The minimum Gasteiger partial charge on any atom is -0.341 e. The van der Waals surface area contributed by atoms with Gasteiger partial charge in [-0.15, -0.1) is 0 Å². The molecule has 1 aromatic rings. The van der Waals surface area contributed by atoms with E-state index in [0.29, 0.717) is 38.0 Å². The van der Waals surface area contributed by atoms with Crippen molar-refractivity contribution in [1.29, 1.82) is 0 Å². The van der Waals surface area contributed by atoms with Gasteiger partial charge in [-0.3, -0.25) is 4.79 Å². The second-order valence-electron chi connectivity index (χ2n) is 6.09. The minimum atomic E-state index is -0.446. The van der Waals surface area contributed by atoms with E-state index >= 15 is 0 Å². The van der Waals surface area contributed by atoms with Crippen molar-refractivity contribution in [2.24, 2.45) is 5.73 Å². The van der Waals surface area contributed by atoms with Crippen LogP contribution in [0.3, 0.4) is 0 Å². The Balaban J connectivity index is 1.73. The van der Waals surface area contributed by atoms with Gasteiger partial charge in [0.2, 0.25) is 5.91 Å². The molecule has 0 aromatic heterocycles. The molecular weight excluding hydrogens is 343 g/mol. The van der Waals surface area contributed by atoms with Crippen molar-refractivity contribution in [2.45, 2.75) is 31.3 Å². The molecule has 6 nitrogen and oxygen atoms in total.